The van der Waals surface area contributed by atoms with Gasteiger partial charge in [0.1, 0.15) is 11.6 Å². The van der Waals surface area contributed by atoms with Gasteiger partial charge < -0.3 is 15.5 Å². The fourth-order valence-corrected chi connectivity index (χ4v) is 1.81. The number of fused-ring (bicyclic) bond motifs is 1. The van der Waals surface area contributed by atoms with Crippen LogP contribution in [-0.2, 0) is 0 Å². The van der Waals surface area contributed by atoms with Gasteiger partial charge in [-0.05, 0) is 0 Å². The Labute approximate surface area is 110 Å². The summed E-state index contributed by atoms with van der Waals surface area (Å²) in [5.74, 6) is -3.17. The molecule has 20 heavy (non-hydrogen) atoms. The zero-order valence-electron chi connectivity index (χ0n) is 9.94. The molecule has 1 aromatic carbocycles. The van der Waals surface area contributed by atoms with Gasteiger partial charge in [0.2, 0.25) is 0 Å². The number of hydrogen-bond acceptors (Lipinski definition) is 4. The van der Waals surface area contributed by atoms with Crippen LogP contribution in [0.3, 0.4) is 0 Å². The Morgan fingerprint density at radius 1 is 1.20 bits per heavy atom. The van der Waals surface area contributed by atoms with Crippen LogP contribution in [0.4, 0.5) is 30.5 Å². The molecule has 2 heterocycles. The van der Waals surface area contributed by atoms with Crippen LogP contribution in [-0.4, -0.2) is 14.4 Å². The third kappa shape index (κ3) is 2.00. The second-order valence-corrected chi connectivity index (χ2v) is 4.05. The number of nitrogens with one attached hydrogen (secondary N) is 1. The zero-order chi connectivity index (χ0) is 14.3. The first-order valence-corrected chi connectivity index (χ1v) is 5.55. The summed E-state index contributed by atoms with van der Waals surface area (Å²) in [6.07, 6.45) is 4.61. The zero-order valence-corrected chi connectivity index (χ0v) is 9.94. The quantitative estimate of drug-likeness (QED) is 0.707. The summed E-state index contributed by atoms with van der Waals surface area (Å²) in [5, 5.41) is 2.49. The monoisotopic (exact) mass is 279 g/mol. The number of nitrogens with two attached hydrogens (primary N) is 1. The summed E-state index contributed by atoms with van der Waals surface area (Å²) in [7, 11) is 0. The molecular formula is C12H8F3N5. The Hall–Kier alpha value is -2.77. The molecule has 0 aliphatic carbocycles. The number of benzene rings is 1. The normalized spacial score (nSPS) is 10.9. The van der Waals surface area contributed by atoms with Gasteiger partial charge in [-0.2, -0.15) is 0 Å². The number of aromatic nitrogens is 3. The molecule has 3 rings (SSSR count). The molecule has 0 unspecified atom stereocenters. The number of anilines is 3. The highest BCUT2D eigenvalue weighted by Crippen LogP contribution is 2.24. The van der Waals surface area contributed by atoms with Crippen LogP contribution in [0.5, 0.6) is 0 Å². The summed E-state index contributed by atoms with van der Waals surface area (Å²) in [4.78, 5) is 7.94. The maximum Gasteiger partial charge on any atom is 0.182 e. The van der Waals surface area contributed by atoms with Crippen molar-refractivity contribution in [3.63, 3.8) is 0 Å². The summed E-state index contributed by atoms with van der Waals surface area (Å²) in [6, 6.07) is 1.28. The van der Waals surface area contributed by atoms with Crippen LogP contribution in [0.25, 0.3) is 5.65 Å². The number of hydrogen-bond donors (Lipinski definition) is 2. The van der Waals surface area contributed by atoms with Crippen molar-refractivity contribution in [1.82, 2.24) is 14.4 Å². The smallest absolute Gasteiger partial charge is 0.182 e. The highest BCUT2D eigenvalue weighted by molar-refractivity contribution is 5.71. The van der Waals surface area contributed by atoms with Crippen molar-refractivity contribution in [1.29, 1.82) is 0 Å². The molecule has 0 bridgehead atoms. The topological polar surface area (TPSA) is 68.2 Å². The first-order chi connectivity index (χ1) is 9.54. The van der Waals surface area contributed by atoms with E-state index >= 15 is 0 Å². The maximum atomic E-state index is 13.6. The van der Waals surface area contributed by atoms with Gasteiger partial charge in [0, 0.05) is 24.5 Å². The van der Waals surface area contributed by atoms with Gasteiger partial charge in [-0.1, -0.05) is 0 Å². The average molecular weight is 279 g/mol. The molecule has 3 aromatic rings. The number of imidazole rings is 1. The van der Waals surface area contributed by atoms with Crippen LogP contribution in [0.15, 0.2) is 30.7 Å². The average Bonchev–Trinajstić information content (AvgIpc) is 2.83. The first kappa shape index (κ1) is 12.3. The largest absolute Gasteiger partial charge is 0.382 e. The molecule has 102 valence electrons. The molecule has 0 aliphatic rings. The van der Waals surface area contributed by atoms with Crippen molar-refractivity contribution < 1.29 is 13.2 Å². The maximum absolute atomic E-state index is 13.6. The fraction of sp³-hybridized carbons (Fsp3) is 0. The van der Waals surface area contributed by atoms with Gasteiger partial charge >= 0.3 is 0 Å². The van der Waals surface area contributed by atoms with E-state index in [-0.39, 0.29) is 17.3 Å². The third-order valence-electron chi connectivity index (χ3n) is 2.64. The Bertz CT molecular complexity index is 799. The highest BCUT2D eigenvalue weighted by Gasteiger charge is 2.14. The number of rotatable bonds is 2. The van der Waals surface area contributed by atoms with Crippen molar-refractivity contribution in [2.75, 3.05) is 11.1 Å². The molecule has 0 saturated carbocycles. The van der Waals surface area contributed by atoms with Crippen LogP contribution < -0.4 is 11.1 Å². The van der Waals surface area contributed by atoms with Crippen LogP contribution >= 0.6 is 0 Å². The van der Waals surface area contributed by atoms with E-state index in [1.54, 1.807) is 10.6 Å². The minimum Gasteiger partial charge on any atom is -0.382 e. The lowest BCUT2D eigenvalue weighted by atomic mass is 10.3. The molecule has 8 heteroatoms. The van der Waals surface area contributed by atoms with E-state index in [1.807, 2.05) is 0 Å². The lowest BCUT2D eigenvalue weighted by molar-refractivity contribution is 0.498. The van der Waals surface area contributed by atoms with Crippen LogP contribution in [0.1, 0.15) is 0 Å². The van der Waals surface area contributed by atoms with E-state index in [1.165, 1.54) is 12.4 Å². The molecule has 0 radical (unpaired) electrons. The molecule has 2 aromatic heterocycles. The number of nitrogen functional groups attached to an aromatic ring is 1. The third-order valence-corrected chi connectivity index (χ3v) is 2.64. The van der Waals surface area contributed by atoms with Gasteiger partial charge in [0.15, 0.2) is 23.1 Å². The van der Waals surface area contributed by atoms with Crippen LogP contribution in [0.2, 0.25) is 0 Å². The minimum absolute atomic E-state index is 0.0962. The van der Waals surface area contributed by atoms with Gasteiger partial charge in [-0.3, -0.25) is 0 Å². The SMILES string of the molecule is Nc1cn2ccnc2c(Nc2cc(F)cc(F)c2F)n1. The second-order valence-electron chi connectivity index (χ2n) is 4.05. The molecule has 3 N–H and O–H groups in total. The van der Waals surface area contributed by atoms with E-state index in [0.29, 0.717) is 11.7 Å². The van der Waals surface area contributed by atoms with Crippen molar-refractivity contribution >= 4 is 23.0 Å². The van der Waals surface area contributed by atoms with E-state index in [0.717, 1.165) is 6.07 Å². The lowest BCUT2D eigenvalue weighted by Crippen LogP contribution is -2.04. The van der Waals surface area contributed by atoms with Gasteiger partial charge in [-0.15, -0.1) is 0 Å². The Balaban J connectivity index is 2.12. The molecule has 0 fully saturated rings. The second kappa shape index (κ2) is 4.41. The predicted octanol–water partition coefficient (Wildman–Crippen LogP) is 2.47. The first-order valence-electron chi connectivity index (χ1n) is 5.55. The lowest BCUT2D eigenvalue weighted by Gasteiger charge is -2.09. The van der Waals surface area contributed by atoms with Crippen molar-refractivity contribution in [3.8, 4) is 0 Å². The molecule has 5 nitrogen and oxygen atoms in total. The van der Waals surface area contributed by atoms with Gasteiger partial charge in [0.25, 0.3) is 0 Å². The summed E-state index contributed by atoms with van der Waals surface area (Å²) in [6.45, 7) is 0. The van der Waals surface area contributed by atoms with Crippen molar-refractivity contribution in [2.45, 2.75) is 0 Å². The van der Waals surface area contributed by atoms with Crippen molar-refractivity contribution in [3.05, 3.63) is 48.2 Å². The molecule has 0 saturated heterocycles. The van der Waals surface area contributed by atoms with E-state index in [2.05, 4.69) is 15.3 Å². The minimum atomic E-state index is -1.30. The Kier molecular flexibility index (Phi) is 2.70. The summed E-state index contributed by atoms with van der Waals surface area (Å²) >= 11 is 0. The highest BCUT2D eigenvalue weighted by atomic mass is 19.2. The van der Waals surface area contributed by atoms with Crippen LogP contribution in [0, 0.1) is 17.5 Å². The molecule has 0 amide bonds. The van der Waals surface area contributed by atoms with Gasteiger partial charge in [-0.25, -0.2) is 23.1 Å². The Morgan fingerprint density at radius 3 is 2.80 bits per heavy atom. The predicted molar refractivity (Wildman–Crippen MR) is 67.0 cm³/mol. The van der Waals surface area contributed by atoms with Gasteiger partial charge in [0.05, 0.1) is 11.9 Å². The summed E-state index contributed by atoms with van der Waals surface area (Å²) in [5.41, 5.74) is 5.56. The van der Waals surface area contributed by atoms with E-state index < -0.39 is 17.5 Å². The standard InChI is InChI=1S/C12H8F3N5/c13-6-3-7(14)10(15)8(4-6)18-11-12-17-1-2-20(12)5-9(16)19-11/h1-5H,16H2,(H,18,19). The molecule has 0 aliphatic heterocycles. The molecular weight excluding hydrogens is 271 g/mol. The van der Waals surface area contributed by atoms with E-state index in [9.17, 15) is 13.2 Å². The number of nitrogens with zero attached hydrogens (tertiary/aromatic N) is 3. The van der Waals surface area contributed by atoms with E-state index in [4.69, 9.17) is 5.73 Å². The number of halogens is 3. The van der Waals surface area contributed by atoms with Crippen molar-refractivity contribution in [2.24, 2.45) is 0 Å². The summed E-state index contributed by atoms with van der Waals surface area (Å²) < 4.78 is 41.4. The molecule has 0 atom stereocenters. The molecule has 0 spiro atoms. The Morgan fingerprint density at radius 2 is 2.00 bits per heavy atom. The fourth-order valence-electron chi connectivity index (χ4n) is 1.81.